The summed E-state index contributed by atoms with van der Waals surface area (Å²) >= 11 is 0. The van der Waals surface area contributed by atoms with Crippen LogP contribution in [0, 0.1) is 29.6 Å². The second-order valence-corrected chi connectivity index (χ2v) is 21.2. The number of unbranched alkanes of at least 4 members (excludes halogenated alkanes) is 15. The van der Waals surface area contributed by atoms with Crippen molar-refractivity contribution in [1.29, 1.82) is 0 Å². The van der Waals surface area contributed by atoms with Crippen molar-refractivity contribution in [3.8, 4) is 5.75 Å². The molecule has 318 valence electrons. The number of nitrogens with one attached hydrogen (secondary N) is 1. The summed E-state index contributed by atoms with van der Waals surface area (Å²) < 4.78 is 25.5. The molecule has 1 N–H and O–H groups in total. The van der Waals surface area contributed by atoms with E-state index in [9.17, 15) is 9.00 Å². The van der Waals surface area contributed by atoms with Gasteiger partial charge in [0.2, 0.25) is 0 Å². The predicted molar refractivity (Wildman–Crippen MR) is 235 cm³/mol. The molecule has 57 heavy (non-hydrogen) atoms. The van der Waals surface area contributed by atoms with E-state index < -0.39 is 16.9 Å². The molecule has 7 fully saturated rings. The maximum Gasteiger partial charge on any atom is 0.408 e. The number of pyridine rings is 1. The van der Waals surface area contributed by atoms with Crippen LogP contribution < -0.4 is 10.1 Å². The third-order valence-electron chi connectivity index (χ3n) is 15.2. The van der Waals surface area contributed by atoms with Gasteiger partial charge in [-0.25, -0.2) is 4.79 Å². The Kier molecular flexibility index (Phi) is 16.1. The van der Waals surface area contributed by atoms with Gasteiger partial charge in [-0.15, -0.1) is 0 Å². The second-order valence-electron chi connectivity index (χ2n) is 19.5. The van der Waals surface area contributed by atoms with Crippen molar-refractivity contribution in [2.75, 3.05) is 31.7 Å². The number of carbonyl (C=O) groups excluding carboxylic acids is 1. The van der Waals surface area contributed by atoms with Gasteiger partial charge in [-0.2, -0.15) is 0 Å². The lowest BCUT2D eigenvalue weighted by Gasteiger charge is -2.56. The van der Waals surface area contributed by atoms with E-state index in [-0.39, 0.29) is 17.7 Å². The first-order valence-electron chi connectivity index (χ1n) is 23.9. The SMILES string of the molecule is CCCCCCCCCCCCCCCCCCS(=O)CC[C@H]1CN2CC[C@H]1C[C@@H]2[C@@H](OC(=O)NC12CC3CC(CC(C3)C1)C2)c1ccnc2ccc(OC)cc12. The van der Waals surface area contributed by atoms with Crippen molar-refractivity contribution in [3.05, 3.63) is 36.0 Å². The average molecular weight is 804 g/mol. The van der Waals surface area contributed by atoms with Crippen molar-refractivity contribution in [2.45, 2.75) is 185 Å². The molecule has 0 radical (unpaired) electrons. The Hall–Kier alpha value is -2.19. The van der Waals surface area contributed by atoms with Crippen LogP contribution in [-0.2, 0) is 15.5 Å². The summed E-state index contributed by atoms with van der Waals surface area (Å²) in [7, 11) is 0.962. The summed E-state index contributed by atoms with van der Waals surface area (Å²) in [5.41, 5.74) is 1.82. The lowest BCUT2D eigenvalue weighted by molar-refractivity contribution is -0.0661. The summed E-state index contributed by atoms with van der Waals surface area (Å²) in [6, 6.07) is 8.19. The Morgan fingerprint density at radius 2 is 1.46 bits per heavy atom. The molecule has 9 rings (SSSR count). The number of fused-ring (bicyclic) bond motifs is 4. The van der Waals surface area contributed by atoms with Crippen LogP contribution in [0.1, 0.15) is 179 Å². The summed E-state index contributed by atoms with van der Waals surface area (Å²) in [5, 5.41) is 4.51. The first-order chi connectivity index (χ1) is 27.9. The highest BCUT2D eigenvalue weighted by Gasteiger charge is 2.52. The van der Waals surface area contributed by atoms with Crippen molar-refractivity contribution >= 4 is 27.8 Å². The van der Waals surface area contributed by atoms with Gasteiger partial charge < -0.3 is 14.8 Å². The smallest absolute Gasteiger partial charge is 0.408 e. The molecular weight excluding hydrogens is 727 g/mol. The molecule has 2 unspecified atom stereocenters. The number of nitrogens with zero attached hydrogens (tertiary/aromatic N) is 2. The lowest BCUT2D eigenvalue weighted by Crippen LogP contribution is -2.60. The number of benzene rings is 1. The van der Waals surface area contributed by atoms with Crippen molar-refractivity contribution < 1.29 is 18.5 Å². The van der Waals surface area contributed by atoms with Gasteiger partial charge in [-0.3, -0.25) is 14.1 Å². The number of carbonyl (C=O) groups is 1. The van der Waals surface area contributed by atoms with Gasteiger partial charge in [0.25, 0.3) is 0 Å². The van der Waals surface area contributed by atoms with Crippen LogP contribution in [0.3, 0.4) is 0 Å². The number of aromatic nitrogens is 1. The maximum atomic E-state index is 14.1. The van der Waals surface area contributed by atoms with Crippen LogP contribution >= 0.6 is 0 Å². The molecule has 4 heterocycles. The van der Waals surface area contributed by atoms with Crippen LogP contribution in [0.15, 0.2) is 30.5 Å². The zero-order valence-corrected chi connectivity index (χ0v) is 36.7. The van der Waals surface area contributed by atoms with E-state index in [2.05, 4.69) is 34.3 Å². The zero-order chi connectivity index (χ0) is 39.5. The Balaban J connectivity index is 0.855. The molecule has 4 saturated carbocycles. The van der Waals surface area contributed by atoms with Crippen molar-refractivity contribution in [3.63, 3.8) is 0 Å². The van der Waals surface area contributed by atoms with E-state index in [0.717, 1.165) is 103 Å². The minimum Gasteiger partial charge on any atom is -0.497 e. The van der Waals surface area contributed by atoms with Crippen LogP contribution in [0.25, 0.3) is 10.9 Å². The highest BCUT2D eigenvalue weighted by Crippen LogP contribution is 2.56. The molecule has 3 aliphatic heterocycles. The second kappa shape index (κ2) is 21.4. The van der Waals surface area contributed by atoms with Gasteiger partial charge in [-0.05, 0) is 125 Å². The normalized spacial score (nSPS) is 29.8. The standard InChI is InChI=1S/C49H77N3O4S/c1-3-4-5-6-7-8-9-10-11-12-13-14-15-16-17-18-26-57(54)27-23-41-36-52-25-22-40(41)31-46(52)47(43-21-24-50-45-20-19-42(55-2)32-44(43)45)56-48(53)51-49-33-37-28-38(34-49)30-39(29-37)35-49/h19-21,24,32,37-41,46-47H,3-18,22-23,25-31,33-36H2,1-2H3,(H,51,53)/t37?,38?,39?,40-,41-,46+,47-,49?,57?/m0/s1. The number of hydrogen-bond acceptors (Lipinski definition) is 6. The largest absolute Gasteiger partial charge is 0.497 e. The number of methoxy groups -OCH3 is 1. The fourth-order valence-electron chi connectivity index (χ4n) is 12.5. The third-order valence-corrected chi connectivity index (χ3v) is 16.6. The fraction of sp³-hybridized carbons (Fsp3) is 0.796. The third kappa shape index (κ3) is 11.8. The molecule has 6 bridgehead atoms. The highest BCUT2D eigenvalue weighted by molar-refractivity contribution is 7.84. The van der Waals surface area contributed by atoms with Gasteiger partial charge >= 0.3 is 6.09 Å². The Morgan fingerprint density at radius 1 is 0.842 bits per heavy atom. The van der Waals surface area contributed by atoms with Crippen LogP contribution in [0.4, 0.5) is 4.79 Å². The number of hydrogen-bond donors (Lipinski definition) is 1. The van der Waals surface area contributed by atoms with E-state index in [0.29, 0.717) is 11.8 Å². The molecule has 7 nitrogen and oxygen atoms in total. The molecule has 4 aliphatic carbocycles. The Bertz CT molecular complexity index is 1550. The zero-order valence-electron chi connectivity index (χ0n) is 35.9. The molecule has 1 amide bonds. The van der Waals surface area contributed by atoms with Gasteiger partial charge in [0.15, 0.2) is 0 Å². The minimum atomic E-state index is -0.737. The minimum absolute atomic E-state index is 0.0985. The topological polar surface area (TPSA) is 80.8 Å². The highest BCUT2D eigenvalue weighted by atomic mass is 32.2. The van der Waals surface area contributed by atoms with Crippen LogP contribution in [-0.4, -0.2) is 63.5 Å². The number of alkyl carbamates (subject to hydrolysis) is 1. The predicted octanol–water partition coefficient (Wildman–Crippen LogP) is 12.1. The average Bonchev–Trinajstić information content (AvgIpc) is 3.21. The maximum absolute atomic E-state index is 14.1. The van der Waals surface area contributed by atoms with Crippen molar-refractivity contribution in [2.24, 2.45) is 29.6 Å². The van der Waals surface area contributed by atoms with E-state index in [1.165, 1.54) is 122 Å². The number of amides is 1. The number of rotatable bonds is 25. The van der Waals surface area contributed by atoms with Gasteiger partial charge in [-0.1, -0.05) is 103 Å². The fourth-order valence-corrected chi connectivity index (χ4v) is 13.8. The van der Waals surface area contributed by atoms with Gasteiger partial charge in [0, 0.05) is 51.5 Å². The monoisotopic (exact) mass is 804 g/mol. The van der Waals surface area contributed by atoms with E-state index in [1.807, 2.05) is 18.3 Å². The molecule has 6 atom stereocenters. The molecule has 3 saturated heterocycles. The molecular formula is C49H77N3O4S. The first-order valence-corrected chi connectivity index (χ1v) is 25.4. The van der Waals surface area contributed by atoms with E-state index >= 15 is 0 Å². The molecule has 8 heteroatoms. The quantitative estimate of drug-likeness (QED) is 0.101. The Morgan fingerprint density at radius 3 is 2.04 bits per heavy atom. The first kappa shape index (κ1) is 42.9. The molecule has 0 spiro atoms. The molecule has 1 aromatic carbocycles. The summed E-state index contributed by atoms with van der Waals surface area (Å²) in [6.07, 6.45) is 33.6. The van der Waals surface area contributed by atoms with E-state index in [4.69, 9.17) is 9.47 Å². The van der Waals surface area contributed by atoms with Gasteiger partial charge in [0.1, 0.15) is 11.9 Å². The molecule has 7 aliphatic rings. The van der Waals surface area contributed by atoms with Crippen LogP contribution in [0.5, 0.6) is 5.75 Å². The lowest BCUT2D eigenvalue weighted by atomic mass is 9.53. The number of ether oxygens (including phenoxy) is 2. The number of piperidine rings is 3. The Labute approximate surface area is 348 Å². The molecule has 2 aromatic rings. The summed E-state index contributed by atoms with van der Waals surface area (Å²) in [5.74, 6) is 5.84. The van der Waals surface area contributed by atoms with Gasteiger partial charge in [0.05, 0.1) is 18.7 Å². The molecule has 1 aromatic heterocycles. The van der Waals surface area contributed by atoms with Crippen LogP contribution in [0.2, 0.25) is 0 Å². The summed E-state index contributed by atoms with van der Waals surface area (Å²) in [4.78, 5) is 21.4. The van der Waals surface area contributed by atoms with Crippen molar-refractivity contribution in [1.82, 2.24) is 15.2 Å². The summed E-state index contributed by atoms with van der Waals surface area (Å²) in [6.45, 7) is 4.31. The van der Waals surface area contributed by atoms with E-state index in [1.54, 1.807) is 7.11 Å².